The fraction of sp³-hybridized carbons (Fsp3) is 0.818. The van der Waals surface area contributed by atoms with Crippen LogP contribution in [0.4, 0.5) is 0 Å². The first-order valence-electron chi connectivity index (χ1n) is 5.84. The first kappa shape index (κ1) is 13.9. The van der Waals surface area contributed by atoms with E-state index in [1.807, 2.05) is 0 Å². The number of carboxylic acids is 1. The molecule has 0 aromatic carbocycles. The van der Waals surface area contributed by atoms with Crippen molar-refractivity contribution in [2.24, 2.45) is 11.7 Å². The van der Waals surface area contributed by atoms with Crippen LogP contribution in [0.5, 0.6) is 0 Å². The molecule has 3 unspecified atom stereocenters. The van der Waals surface area contributed by atoms with Crippen LogP contribution in [0.1, 0.15) is 25.7 Å². The topological polar surface area (TPSA) is 102 Å². The SMILES string of the molecule is COCCC(N)C(=O)NC1CCCC1C(=O)O. The first-order valence-corrected chi connectivity index (χ1v) is 5.84. The standard InChI is InChI=1S/C11H20N2O4/c1-17-6-5-8(12)10(14)13-9-4-2-3-7(9)11(15)16/h7-9H,2-6,12H2,1H3,(H,13,14)(H,15,16). The third-order valence-electron chi connectivity index (χ3n) is 3.13. The van der Waals surface area contributed by atoms with Gasteiger partial charge in [0.15, 0.2) is 0 Å². The average Bonchev–Trinajstić information content (AvgIpc) is 2.73. The molecule has 0 saturated heterocycles. The molecule has 0 radical (unpaired) electrons. The van der Waals surface area contributed by atoms with Gasteiger partial charge in [-0.05, 0) is 19.3 Å². The van der Waals surface area contributed by atoms with Crippen LogP contribution < -0.4 is 11.1 Å². The normalized spacial score (nSPS) is 25.5. The van der Waals surface area contributed by atoms with Crippen molar-refractivity contribution in [3.63, 3.8) is 0 Å². The fourth-order valence-electron chi connectivity index (χ4n) is 2.09. The van der Waals surface area contributed by atoms with Crippen LogP contribution in [0.15, 0.2) is 0 Å². The zero-order valence-electron chi connectivity index (χ0n) is 10.0. The van der Waals surface area contributed by atoms with Crippen molar-refractivity contribution in [3.05, 3.63) is 0 Å². The molecule has 3 atom stereocenters. The molecule has 0 heterocycles. The Morgan fingerprint density at radius 2 is 2.24 bits per heavy atom. The summed E-state index contributed by atoms with van der Waals surface area (Å²) in [5.74, 6) is -1.62. The summed E-state index contributed by atoms with van der Waals surface area (Å²) in [6, 6.07) is -0.918. The van der Waals surface area contributed by atoms with Gasteiger partial charge < -0.3 is 20.9 Å². The minimum absolute atomic E-state index is 0.284. The van der Waals surface area contributed by atoms with Gasteiger partial charge in [-0.2, -0.15) is 0 Å². The molecule has 1 fully saturated rings. The minimum Gasteiger partial charge on any atom is -0.481 e. The number of hydrogen-bond acceptors (Lipinski definition) is 4. The van der Waals surface area contributed by atoms with E-state index >= 15 is 0 Å². The molecule has 98 valence electrons. The monoisotopic (exact) mass is 244 g/mol. The van der Waals surface area contributed by atoms with Gasteiger partial charge in [-0.25, -0.2) is 0 Å². The highest BCUT2D eigenvalue weighted by Crippen LogP contribution is 2.25. The van der Waals surface area contributed by atoms with E-state index in [1.165, 1.54) is 0 Å². The minimum atomic E-state index is -0.849. The van der Waals surface area contributed by atoms with Crippen LogP contribution >= 0.6 is 0 Å². The summed E-state index contributed by atoms with van der Waals surface area (Å²) in [5.41, 5.74) is 5.66. The second-order valence-electron chi connectivity index (χ2n) is 4.38. The maximum atomic E-state index is 11.7. The molecule has 1 rings (SSSR count). The lowest BCUT2D eigenvalue weighted by Gasteiger charge is -2.20. The van der Waals surface area contributed by atoms with E-state index < -0.39 is 17.9 Å². The third-order valence-corrected chi connectivity index (χ3v) is 3.13. The van der Waals surface area contributed by atoms with E-state index in [1.54, 1.807) is 7.11 Å². The highest BCUT2D eigenvalue weighted by molar-refractivity contribution is 5.82. The Labute approximate surface area is 101 Å². The van der Waals surface area contributed by atoms with Gasteiger partial charge in [0.1, 0.15) is 0 Å². The smallest absolute Gasteiger partial charge is 0.308 e. The number of carboxylic acid groups (broad SMARTS) is 1. The molecule has 1 aliphatic carbocycles. The van der Waals surface area contributed by atoms with Crippen molar-refractivity contribution in [1.29, 1.82) is 0 Å². The summed E-state index contributed by atoms with van der Waals surface area (Å²) < 4.78 is 4.84. The zero-order chi connectivity index (χ0) is 12.8. The Hall–Kier alpha value is -1.14. The highest BCUT2D eigenvalue weighted by Gasteiger charge is 2.34. The molecule has 0 aliphatic heterocycles. The summed E-state index contributed by atoms with van der Waals surface area (Å²) >= 11 is 0. The number of amides is 1. The molecule has 6 heteroatoms. The maximum Gasteiger partial charge on any atom is 0.308 e. The van der Waals surface area contributed by atoms with Crippen molar-refractivity contribution in [1.82, 2.24) is 5.32 Å². The molecule has 0 spiro atoms. The molecule has 0 aromatic rings. The van der Waals surface area contributed by atoms with Crippen molar-refractivity contribution in [2.45, 2.75) is 37.8 Å². The number of nitrogens with two attached hydrogens (primary N) is 1. The van der Waals surface area contributed by atoms with E-state index in [9.17, 15) is 9.59 Å². The van der Waals surface area contributed by atoms with Crippen LogP contribution in [0, 0.1) is 5.92 Å². The maximum absolute atomic E-state index is 11.7. The Morgan fingerprint density at radius 3 is 2.82 bits per heavy atom. The first-order chi connectivity index (χ1) is 8.06. The number of methoxy groups -OCH3 is 1. The van der Waals surface area contributed by atoms with Gasteiger partial charge in [-0.1, -0.05) is 6.42 Å². The summed E-state index contributed by atoms with van der Waals surface area (Å²) in [7, 11) is 1.54. The second kappa shape index (κ2) is 6.56. The number of nitrogens with one attached hydrogen (secondary N) is 1. The van der Waals surface area contributed by atoms with Crippen LogP contribution in [0.2, 0.25) is 0 Å². The van der Waals surface area contributed by atoms with E-state index in [-0.39, 0.29) is 11.9 Å². The lowest BCUT2D eigenvalue weighted by Crippen LogP contribution is -2.48. The zero-order valence-corrected chi connectivity index (χ0v) is 10.0. The molecular formula is C11H20N2O4. The average molecular weight is 244 g/mol. The molecule has 17 heavy (non-hydrogen) atoms. The summed E-state index contributed by atoms with van der Waals surface area (Å²) in [6.07, 6.45) is 2.59. The van der Waals surface area contributed by atoms with Crippen LogP contribution in [0.3, 0.4) is 0 Å². The van der Waals surface area contributed by atoms with Crippen molar-refractivity contribution in [3.8, 4) is 0 Å². The molecule has 1 amide bonds. The molecule has 1 aliphatic rings. The number of carbonyl (C=O) groups excluding carboxylic acids is 1. The molecule has 0 bridgehead atoms. The molecule has 6 nitrogen and oxygen atoms in total. The van der Waals surface area contributed by atoms with Crippen molar-refractivity contribution in [2.75, 3.05) is 13.7 Å². The lowest BCUT2D eigenvalue weighted by molar-refractivity contribution is -0.142. The number of aliphatic carboxylic acids is 1. The number of ether oxygens (including phenoxy) is 1. The van der Waals surface area contributed by atoms with Crippen LogP contribution in [-0.4, -0.2) is 42.8 Å². The van der Waals surface area contributed by atoms with Crippen molar-refractivity contribution < 1.29 is 19.4 Å². The quantitative estimate of drug-likeness (QED) is 0.596. The fourth-order valence-corrected chi connectivity index (χ4v) is 2.09. The second-order valence-corrected chi connectivity index (χ2v) is 4.38. The highest BCUT2D eigenvalue weighted by atomic mass is 16.5. The van der Waals surface area contributed by atoms with Gasteiger partial charge >= 0.3 is 5.97 Å². The van der Waals surface area contributed by atoms with Gasteiger partial charge in [-0.3, -0.25) is 9.59 Å². The van der Waals surface area contributed by atoms with E-state index in [0.717, 1.165) is 6.42 Å². The van der Waals surface area contributed by atoms with Gasteiger partial charge in [0, 0.05) is 19.8 Å². The molecular weight excluding hydrogens is 224 g/mol. The van der Waals surface area contributed by atoms with Gasteiger partial charge in [-0.15, -0.1) is 0 Å². The predicted molar refractivity (Wildman–Crippen MR) is 61.4 cm³/mol. The Kier molecular flexibility index (Phi) is 5.37. The van der Waals surface area contributed by atoms with Crippen molar-refractivity contribution >= 4 is 11.9 Å². The Balaban J connectivity index is 2.42. The molecule has 4 N–H and O–H groups in total. The van der Waals surface area contributed by atoms with Gasteiger partial charge in [0.2, 0.25) is 5.91 Å². The lowest BCUT2D eigenvalue weighted by atomic mass is 10.0. The van der Waals surface area contributed by atoms with Crippen LogP contribution in [-0.2, 0) is 14.3 Å². The summed E-state index contributed by atoms with van der Waals surface area (Å²) in [5, 5.41) is 11.7. The Bertz CT molecular complexity index is 283. The third kappa shape index (κ3) is 3.98. The largest absolute Gasteiger partial charge is 0.481 e. The van der Waals surface area contributed by atoms with E-state index in [0.29, 0.717) is 25.9 Å². The molecule has 0 aromatic heterocycles. The van der Waals surface area contributed by atoms with E-state index in [4.69, 9.17) is 15.6 Å². The molecule has 1 saturated carbocycles. The van der Waals surface area contributed by atoms with Gasteiger partial charge in [0.25, 0.3) is 0 Å². The number of hydrogen-bond donors (Lipinski definition) is 3. The number of rotatable bonds is 6. The summed E-state index contributed by atoms with van der Waals surface area (Å²) in [4.78, 5) is 22.6. The van der Waals surface area contributed by atoms with Crippen LogP contribution in [0.25, 0.3) is 0 Å². The summed E-state index contributed by atoms with van der Waals surface area (Å²) in [6.45, 7) is 0.418. The predicted octanol–water partition coefficient (Wildman–Crippen LogP) is -0.280. The van der Waals surface area contributed by atoms with Gasteiger partial charge in [0.05, 0.1) is 12.0 Å². The Morgan fingerprint density at radius 1 is 1.53 bits per heavy atom. The van der Waals surface area contributed by atoms with E-state index in [2.05, 4.69) is 5.32 Å². The number of carbonyl (C=O) groups is 2.